The van der Waals surface area contributed by atoms with Gasteiger partial charge in [-0.15, -0.1) is 5.10 Å². The fourth-order valence-electron chi connectivity index (χ4n) is 3.48. The Morgan fingerprint density at radius 3 is 2.89 bits per heavy atom. The zero-order valence-corrected chi connectivity index (χ0v) is 16.3. The first-order chi connectivity index (χ1) is 13.6. The molecule has 28 heavy (non-hydrogen) atoms. The molecule has 0 spiro atoms. The van der Waals surface area contributed by atoms with Crippen LogP contribution in [-0.2, 0) is 11.2 Å². The maximum Gasteiger partial charge on any atom is 0.233 e. The number of aryl methyl sites for hydroxylation is 1. The van der Waals surface area contributed by atoms with Crippen LogP contribution in [0, 0.1) is 5.82 Å². The normalized spacial score (nSPS) is 17.0. The summed E-state index contributed by atoms with van der Waals surface area (Å²) in [6.45, 7) is 1.83. The Hall–Kier alpha value is -2.67. The van der Waals surface area contributed by atoms with Crippen LogP contribution in [0.25, 0.3) is 11.4 Å². The summed E-state index contributed by atoms with van der Waals surface area (Å²) in [7, 11) is 0. The van der Waals surface area contributed by atoms with Crippen molar-refractivity contribution in [3.63, 3.8) is 0 Å². The molecule has 1 aliphatic rings. The Labute approximate surface area is 167 Å². The van der Waals surface area contributed by atoms with Crippen molar-refractivity contribution < 1.29 is 9.18 Å². The number of amides is 1. The number of benzene rings is 2. The quantitative estimate of drug-likeness (QED) is 0.632. The second-order valence-corrected chi connectivity index (χ2v) is 8.17. The van der Waals surface area contributed by atoms with Crippen LogP contribution in [0.15, 0.2) is 53.7 Å². The van der Waals surface area contributed by atoms with Crippen molar-refractivity contribution in [2.24, 2.45) is 0 Å². The number of nitrogens with one attached hydrogen (secondary N) is 2. The highest BCUT2D eigenvalue weighted by atomic mass is 32.2. The maximum atomic E-state index is 13.9. The second kappa shape index (κ2) is 8.14. The molecule has 0 fully saturated rings. The first kappa shape index (κ1) is 18.7. The zero-order chi connectivity index (χ0) is 19.5. The Kier molecular flexibility index (Phi) is 5.43. The van der Waals surface area contributed by atoms with Crippen LogP contribution in [-0.4, -0.2) is 26.3 Å². The largest absolute Gasteiger partial charge is 0.348 e. The molecule has 4 rings (SSSR count). The first-order valence-electron chi connectivity index (χ1n) is 9.34. The third-order valence-electron chi connectivity index (χ3n) is 4.93. The van der Waals surface area contributed by atoms with E-state index in [1.807, 2.05) is 19.1 Å². The molecule has 1 aliphatic carbocycles. The monoisotopic (exact) mass is 396 g/mol. The summed E-state index contributed by atoms with van der Waals surface area (Å²) in [4.78, 5) is 17.0. The van der Waals surface area contributed by atoms with E-state index >= 15 is 0 Å². The van der Waals surface area contributed by atoms with Crippen LogP contribution >= 0.6 is 11.8 Å². The lowest BCUT2D eigenvalue weighted by atomic mass is 9.88. The van der Waals surface area contributed by atoms with Gasteiger partial charge < -0.3 is 5.32 Å². The molecule has 0 bridgehead atoms. The van der Waals surface area contributed by atoms with E-state index in [1.54, 1.807) is 18.2 Å². The Bertz CT molecular complexity index is 990. The minimum Gasteiger partial charge on any atom is -0.348 e. The van der Waals surface area contributed by atoms with Gasteiger partial charge in [0.1, 0.15) is 5.82 Å². The van der Waals surface area contributed by atoms with Gasteiger partial charge in [-0.25, -0.2) is 9.37 Å². The fourth-order valence-corrected chi connectivity index (χ4v) is 4.21. The van der Waals surface area contributed by atoms with Crippen molar-refractivity contribution in [3.05, 3.63) is 65.5 Å². The van der Waals surface area contributed by atoms with E-state index in [0.717, 1.165) is 19.3 Å². The fraction of sp³-hybridized carbons (Fsp3) is 0.286. The van der Waals surface area contributed by atoms with Gasteiger partial charge in [-0.05, 0) is 49.4 Å². The molecule has 0 radical (unpaired) electrons. The number of aromatic amines is 1. The van der Waals surface area contributed by atoms with Crippen molar-refractivity contribution in [1.82, 2.24) is 20.5 Å². The highest BCUT2D eigenvalue weighted by molar-refractivity contribution is 8.00. The molecule has 144 valence electrons. The van der Waals surface area contributed by atoms with Gasteiger partial charge in [0.2, 0.25) is 11.1 Å². The van der Waals surface area contributed by atoms with E-state index in [2.05, 4.69) is 32.6 Å². The summed E-state index contributed by atoms with van der Waals surface area (Å²) >= 11 is 1.25. The number of hydrogen-bond acceptors (Lipinski definition) is 4. The summed E-state index contributed by atoms with van der Waals surface area (Å²) in [5.41, 5.74) is 2.87. The van der Waals surface area contributed by atoms with Gasteiger partial charge in [0, 0.05) is 0 Å². The number of rotatable bonds is 5. The summed E-state index contributed by atoms with van der Waals surface area (Å²) in [6, 6.07) is 14.7. The average molecular weight is 396 g/mol. The van der Waals surface area contributed by atoms with Crippen LogP contribution in [0.2, 0.25) is 0 Å². The van der Waals surface area contributed by atoms with Crippen LogP contribution in [0.3, 0.4) is 0 Å². The van der Waals surface area contributed by atoms with Crippen molar-refractivity contribution in [2.45, 2.75) is 42.6 Å². The number of carbonyl (C=O) groups is 1. The molecule has 1 aromatic heterocycles. The van der Waals surface area contributed by atoms with Gasteiger partial charge >= 0.3 is 0 Å². The number of carbonyl (C=O) groups excluding carboxylic acids is 1. The van der Waals surface area contributed by atoms with Gasteiger partial charge in [0.25, 0.3) is 0 Å². The zero-order valence-electron chi connectivity index (χ0n) is 15.5. The lowest BCUT2D eigenvalue weighted by Crippen LogP contribution is -2.35. The van der Waals surface area contributed by atoms with Gasteiger partial charge in [-0.1, -0.05) is 48.2 Å². The van der Waals surface area contributed by atoms with E-state index in [-0.39, 0.29) is 23.0 Å². The maximum absolute atomic E-state index is 13.9. The van der Waals surface area contributed by atoms with Crippen molar-refractivity contribution >= 4 is 17.7 Å². The molecule has 0 saturated heterocycles. The number of nitrogens with zero attached hydrogens (tertiary/aromatic N) is 2. The van der Waals surface area contributed by atoms with Crippen LogP contribution < -0.4 is 5.32 Å². The smallest absolute Gasteiger partial charge is 0.233 e. The van der Waals surface area contributed by atoms with Crippen molar-refractivity contribution in [1.29, 1.82) is 0 Å². The Morgan fingerprint density at radius 2 is 2.04 bits per heavy atom. The van der Waals surface area contributed by atoms with E-state index in [0.29, 0.717) is 16.5 Å². The van der Waals surface area contributed by atoms with Crippen molar-refractivity contribution in [2.75, 3.05) is 0 Å². The predicted octanol–water partition coefficient (Wildman–Crippen LogP) is 4.29. The number of fused-ring (bicyclic) bond motifs is 1. The number of thioether (sulfide) groups is 1. The molecule has 0 aliphatic heterocycles. The molecular formula is C21H21FN4OS. The molecule has 0 unspecified atom stereocenters. The predicted molar refractivity (Wildman–Crippen MR) is 107 cm³/mol. The first-order valence-corrected chi connectivity index (χ1v) is 10.2. The van der Waals surface area contributed by atoms with Crippen LogP contribution in [0.5, 0.6) is 0 Å². The van der Waals surface area contributed by atoms with E-state index < -0.39 is 0 Å². The minimum absolute atomic E-state index is 0.0432. The topological polar surface area (TPSA) is 70.7 Å². The van der Waals surface area contributed by atoms with Gasteiger partial charge in [0.15, 0.2) is 5.82 Å². The number of H-pyrrole nitrogens is 1. The Balaban J connectivity index is 1.41. The third-order valence-corrected chi connectivity index (χ3v) is 5.89. The van der Waals surface area contributed by atoms with Gasteiger partial charge in [-0.2, -0.15) is 0 Å². The number of hydrogen-bond donors (Lipinski definition) is 2. The third kappa shape index (κ3) is 3.94. The highest BCUT2D eigenvalue weighted by Gasteiger charge is 2.25. The minimum atomic E-state index is -0.364. The number of halogens is 1. The van der Waals surface area contributed by atoms with Crippen LogP contribution in [0.4, 0.5) is 4.39 Å². The summed E-state index contributed by atoms with van der Waals surface area (Å²) in [5.74, 6) is -0.0599. The van der Waals surface area contributed by atoms with E-state index in [9.17, 15) is 9.18 Å². The molecule has 7 heteroatoms. The Morgan fingerprint density at radius 1 is 1.25 bits per heavy atom. The molecule has 5 nitrogen and oxygen atoms in total. The molecule has 0 saturated carbocycles. The molecule has 1 amide bonds. The highest BCUT2D eigenvalue weighted by Crippen LogP contribution is 2.30. The second-order valence-electron chi connectivity index (χ2n) is 6.86. The molecule has 2 aromatic carbocycles. The van der Waals surface area contributed by atoms with Gasteiger partial charge in [0.05, 0.1) is 16.9 Å². The molecule has 2 atom stereocenters. The summed E-state index contributed by atoms with van der Waals surface area (Å²) in [5, 5.41) is 10.1. The van der Waals surface area contributed by atoms with Crippen molar-refractivity contribution in [3.8, 4) is 11.4 Å². The SMILES string of the molecule is C[C@H](Sc1n[nH]c(-c2ccccc2F)n1)C(=O)N[C@H]1CCCc2ccccc21. The molecule has 3 aromatic rings. The van der Waals surface area contributed by atoms with Gasteiger partial charge in [-0.3, -0.25) is 9.89 Å². The van der Waals surface area contributed by atoms with E-state index in [1.165, 1.54) is 29.0 Å². The van der Waals surface area contributed by atoms with Crippen LogP contribution in [0.1, 0.15) is 36.9 Å². The van der Waals surface area contributed by atoms with E-state index in [4.69, 9.17) is 0 Å². The number of aromatic nitrogens is 3. The lowest BCUT2D eigenvalue weighted by molar-refractivity contribution is -0.121. The summed E-state index contributed by atoms with van der Waals surface area (Å²) in [6.07, 6.45) is 3.07. The molecule has 2 N–H and O–H groups in total. The standard InChI is InChI=1S/C21H21FN4OS/c1-13(20(27)23-18-12-6-8-14-7-2-3-9-15(14)18)28-21-24-19(25-26-21)16-10-4-5-11-17(16)22/h2-5,7,9-11,13,18H,6,8,12H2,1H3,(H,23,27)(H,24,25,26)/t13-,18-/m0/s1. The average Bonchev–Trinajstić information content (AvgIpc) is 3.16. The summed E-state index contributed by atoms with van der Waals surface area (Å²) < 4.78 is 13.9. The lowest BCUT2D eigenvalue weighted by Gasteiger charge is -2.27. The molecule has 1 heterocycles. The molecular weight excluding hydrogens is 375 g/mol.